The molecule has 3 aromatic carbocycles. The van der Waals surface area contributed by atoms with Crippen LogP contribution in [0.2, 0.25) is 0 Å². The van der Waals surface area contributed by atoms with E-state index < -0.39 is 11.5 Å². The standard InChI is InChI=1S/C26H21FN2O2/c1-16-13-19-14-20(27)11-12-22(19)28-26(16,25(30)31)23-15-18-9-6-10-21(24(18)29(23)2)17-7-4-3-5-8-17/h3-15,28H,1-2H3,(H,30,31). The largest absolute Gasteiger partial charge is 0.479 e. The van der Waals surface area contributed by atoms with Gasteiger partial charge in [0, 0.05) is 29.2 Å². The van der Waals surface area contributed by atoms with Crippen LogP contribution in [0.3, 0.4) is 0 Å². The van der Waals surface area contributed by atoms with Crippen LogP contribution in [-0.4, -0.2) is 15.6 Å². The van der Waals surface area contributed by atoms with Crippen molar-refractivity contribution in [3.8, 4) is 11.1 Å². The van der Waals surface area contributed by atoms with E-state index in [4.69, 9.17) is 0 Å². The van der Waals surface area contributed by atoms with E-state index in [2.05, 4.69) is 5.32 Å². The third-order valence-corrected chi connectivity index (χ3v) is 6.15. The van der Waals surface area contributed by atoms with Gasteiger partial charge in [0.25, 0.3) is 0 Å². The van der Waals surface area contributed by atoms with E-state index in [1.54, 1.807) is 19.1 Å². The summed E-state index contributed by atoms with van der Waals surface area (Å²) in [5.41, 5.74) is 4.02. The Morgan fingerprint density at radius 2 is 1.81 bits per heavy atom. The average molecular weight is 412 g/mol. The first-order valence-corrected chi connectivity index (χ1v) is 10.1. The van der Waals surface area contributed by atoms with Crippen LogP contribution in [0.25, 0.3) is 28.1 Å². The number of hydrogen-bond acceptors (Lipinski definition) is 2. The Morgan fingerprint density at radius 3 is 2.55 bits per heavy atom. The lowest BCUT2D eigenvalue weighted by Gasteiger charge is -2.37. The van der Waals surface area contributed by atoms with Crippen molar-refractivity contribution in [3.05, 3.63) is 95.4 Å². The van der Waals surface area contributed by atoms with Crippen LogP contribution in [-0.2, 0) is 17.4 Å². The lowest BCUT2D eigenvalue weighted by Crippen LogP contribution is -2.47. The van der Waals surface area contributed by atoms with Crippen molar-refractivity contribution < 1.29 is 14.3 Å². The number of nitrogens with one attached hydrogen (secondary N) is 1. The third kappa shape index (κ3) is 2.77. The molecule has 0 radical (unpaired) electrons. The molecule has 0 fully saturated rings. The summed E-state index contributed by atoms with van der Waals surface area (Å²) < 4.78 is 15.7. The summed E-state index contributed by atoms with van der Waals surface area (Å²) in [5, 5.41) is 14.6. The SMILES string of the molecule is CC1=Cc2cc(F)ccc2NC1(C(=O)O)c1cc2cccc(-c3ccccc3)c2n1C. The Balaban J connectivity index is 1.77. The van der Waals surface area contributed by atoms with Gasteiger partial charge in [-0.3, -0.25) is 0 Å². The summed E-state index contributed by atoms with van der Waals surface area (Å²) in [5.74, 6) is -1.37. The first-order chi connectivity index (χ1) is 14.9. The van der Waals surface area contributed by atoms with Gasteiger partial charge < -0.3 is 15.0 Å². The molecule has 31 heavy (non-hydrogen) atoms. The molecule has 0 spiro atoms. The second-order valence-electron chi connectivity index (χ2n) is 7.94. The lowest BCUT2D eigenvalue weighted by atomic mass is 9.82. The van der Waals surface area contributed by atoms with E-state index in [0.717, 1.165) is 22.0 Å². The maximum Gasteiger partial charge on any atom is 0.340 e. The summed E-state index contributed by atoms with van der Waals surface area (Å²) in [6.45, 7) is 1.77. The molecule has 1 aliphatic rings. The zero-order valence-corrected chi connectivity index (χ0v) is 17.2. The Kier molecular flexibility index (Phi) is 4.22. The number of para-hydroxylation sites is 1. The molecule has 5 heteroatoms. The maximum absolute atomic E-state index is 13.7. The number of aliphatic carboxylic acids is 1. The van der Waals surface area contributed by atoms with Gasteiger partial charge in [0.05, 0.1) is 11.2 Å². The number of hydrogen-bond donors (Lipinski definition) is 2. The monoisotopic (exact) mass is 412 g/mol. The van der Waals surface area contributed by atoms with Gasteiger partial charge in [-0.2, -0.15) is 0 Å². The van der Waals surface area contributed by atoms with Crippen LogP contribution >= 0.6 is 0 Å². The van der Waals surface area contributed by atoms with Crippen LogP contribution in [0.5, 0.6) is 0 Å². The van der Waals surface area contributed by atoms with E-state index in [1.807, 2.05) is 66.2 Å². The molecule has 0 saturated carbocycles. The molecule has 154 valence electrons. The molecule has 1 aromatic heterocycles. The van der Waals surface area contributed by atoms with E-state index in [1.165, 1.54) is 12.1 Å². The number of aryl methyl sites for hydroxylation is 1. The second-order valence-corrected chi connectivity index (χ2v) is 7.94. The van der Waals surface area contributed by atoms with Crippen LogP contribution in [0, 0.1) is 5.82 Å². The predicted octanol–water partition coefficient (Wildman–Crippen LogP) is 5.79. The number of nitrogens with zero attached hydrogens (tertiary/aromatic N) is 1. The topological polar surface area (TPSA) is 54.3 Å². The second kappa shape index (κ2) is 6.84. The van der Waals surface area contributed by atoms with Crippen molar-refractivity contribution in [2.24, 2.45) is 7.05 Å². The quantitative estimate of drug-likeness (QED) is 0.448. The van der Waals surface area contributed by atoms with Gasteiger partial charge in [0.1, 0.15) is 5.82 Å². The fourth-order valence-corrected chi connectivity index (χ4v) is 4.63. The Bertz CT molecular complexity index is 1370. The summed E-state index contributed by atoms with van der Waals surface area (Å²) >= 11 is 0. The Labute approximate surface area is 179 Å². The predicted molar refractivity (Wildman–Crippen MR) is 121 cm³/mol. The van der Waals surface area contributed by atoms with E-state index >= 15 is 0 Å². The smallest absolute Gasteiger partial charge is 0.340 e. The number of anilines is 1. The number of carboxylic acid groups (broad SMARTS) is 1. The van der Waals surface area contributed by atoms with Gasteiger partial charge in [0.15, 0.2) is 5.54 Å². The van der Waals surface area contributed by atoms with Gasteiger partial charge in [-0.1, -0.05) is 54.6 Å². The molecule has 0 aliphatic carbocycles. The van der Waals surface area contributed by atoms with Crippen molar-refractivity contribution in [2.45, 2.75) is 12.5 Å². The zero-order chi connectivity index (χ0) is 21.8. The number of aromatic nitrogens is 1. The molecule has 1 atom stereocenters. The van der Waals surface area contributed by atoms with E-state index in [-0.39, 0.29) is 5.82 Å². The molecular weight excluding hydrogens is 391 g/mol. The van der Waals surface area contributed by atoms with E-state index in [9.17, 15) is 14.3 Å². The molecule has 1 unspecified atom stereocenters. The minimum Gasteiger partial charge on any atom is -0.479 e. The molecule has 5 rings (SSSR count). The number of halogens is 1. The van der Waals surface area contributed by atoms with Crippen LogP contribution in [0.15, 0.2) is 78.4 Å². The van der Waals surface area contributed by atoms with Crippen LogP contribution in [0.1, 0.15) is 18.2 Å². The molecule has 4 aromatic rings. The molecule has 0 bridgehead atoms. The van der Waals surface area contributed by atoms with Crippen LogP contribution in [0.4, 0.5) is 10.1 Å². The highest BCUT2D eigenvalue weighted by Crippen LogP contribution is 2.43. The number of fused-ring (bicyclic) bond motifs is 2. The minimum atomic E-state index is -1.47. The zero-order valence-electron chi connectivity index (χ0n) is 17.2. The summed E-state index contributed by atoms with van der Waals surface area (Å²) in [6, 6.07) is 22.3. The Morgan fingerprint density at radius 1 is 1.03 bits per heavy atom. The summed E-state index contributed by atoms with van der Waals surface area (Å²) in [7, 11) is 1.89. The average Bonchev–Trinajstić information content (AvgIpc) is 3.10. The molecule has 0 saturated heterocycles. The van der Waals surface area contributed by atoms with Gasteiger partial charge in [0.2, 0.25) is 0 Å². The first kappa shape index (κ1) is 19.1. The highest BCUT2D eigenvalue weighted by Gasteiger charge is 2.47. The highest BCUT2D eigenvalue weighted by molar-refractivity contribution is 5.99. The molecule has 2 N–H and O–H groups in total. The van der Waals surface area contributed by atoms with E-state index in [0.29, 0.717) is 22.5 Å². The van der Waals surface area contributed by atoms with Crippen molar-refractivity contribution in [3.63, 3.8) is 0 Å². The van der Waals surface area contributed by atoms with Crippen molar-refractivity contribution in [1.82, 2.24) is 4.57 Å². The molecule has 4 nitrogen and oxygen atoms in total. The van der Waals surface area contributed by atoms with Crippen molar-refractivity contribution >= 4 is 28.6 Å². The number of carboxylic acids is 1. The number of carbonyl (C=O) groups is 1. The summed E-state index contributed by atoms with van der Waals surface area (Å²) in [4.78, 5) is 12.8. The van der Waals surface area contributed by atoms with Gasteiger partial charge in [-0.15, -0.1) is 0 Å². The molecule has 2 heterocycles. The van der Waals surface area contributed by atoms with Crippen molar-refractivity contribution in [1.29, 1.82) is 0 Å². The van der Waals surface area contributed by atoms with Crippen LogP contribution < -0.4 is 5.32 Å². The first-order valence-electron chi connectivity index (χ1n) is 10.1. The van der Waals surface area contributed by atoms with Gasteiger partial charge >= 0.3 is 5.97 Å². The van der Waals surface area contributed by atoms with Gasteiger partial charge in [-0.25, -0.2) is 9.18 Å². The normalized spacial score (nSPS) is 17.7. The lowest BCUT2D eigenvalue weighted by molar-refractivity contribution is -0.141. The number of benzene rings is 3. The molecule has 1 aliphatic heterocycles. The maximum atomic E-state index is 13.7. The fraction of sp³-hybridized carbons (Fsp3) is 0.115. The van der Waals surface area contributed by atoms with Crippen molar-refractivity contribution in [2.75, 3.05) is 5.32 Å². The molecular formula is C26H21FN2O2. The summed E-state index contributed by atoms with van der Waals surface area (Å²) in [6.07, 6.45) is 1.75. The fourth-order valence-electron chi connectivity index (χ4n) is 4.63. The number of rotatable bonds is 3. The minimum absolute atomic E-state index is 0.357. The van der Waals surface area contributed by atoms with Gasteiger partial charge in [-0.05, 0) is 42.3 Å². The third-order valence-electron chi connectivity index (χ3n) is 6.15. The molecule has 0 amide bonds. The Hall–Kier alpha value is -3.86. The highest BCUT2D eigenvalue weighted by atomic mass is 19.1.